The Bertz CT molecular complexity index is 727. The number of hydrogen-bond acceptors (Lipinski definition) is 3. The SMILES string of the molecule is C/C(=C\CO[Si](C)(C)C(C)(C)C)C[C@@H](CCOCc1ccccc1)O[Si](C(C)C)(C(C)C)C(C)C. The van der Waals surface area contributed by atoms with Crippen molar-refractivity contribution in [1.82, 2.24) is 0 Å². The van der Waals surface area contributed by atoms with Crippen molar-refractivity contribution >= 4 is 16.6 Å². The highest BCUT2D eigenvalue weighted by atomic mass is 28.4. The van der Waals surface area contributed by atoms with Crippen molar-refractivity contribution in [3.05, 3.63) is 47.5 Å². The molecular weight excluding hydrogens is 464 g/mol. The highest BCUT2D eigenvalue weighted by molar-refractivity contribution is 6.77. The Hall–Kier alpha value is -0.726. The monoisotopic (exact) mass is 520 g/mol. The van der Waals surface area contributed by atoms with Gasteiger partial charge in [-0.05, 0) is 60.1 Å². The molecule has 0 heterocycles. The summed E-state index contributed by atoms with van der Waals surface area (Å²) in [7, 11) is -3.72. The third-order valence-electron chi connectivity index (χ3n) is 8.01. The zero-order chi connectivity index (χ0) is 26.9. The summed E-state index contributed by atoms with van der Waals surface area (Å²) in [6, 6.07) is 10.4. The van der Waals surface area contributed by atoms with E-state index >= 15 is 0 Å². The topological polar surface area (TPSA) is 27.7 Å². The van der Waals surface area contributed by atoms with Gasteiger partial charge >= 0.3 is 0 Å². The molecule has 0 unspecified atom stereocenters. The lowest BCUT2D eigenvalue weighted by atomic mass is 10.1. The minimum atomic E-state index is -1.97. The molecule has 0 aromatic heterocycles. The Morgan fingerprint density at radius 1 is 0.914 bits per heavy atom. The maximum Gasteiger partial charge on any atom is 0.200 e. The molecule has 5 heteroatoms. The van der Waals surface area contributed by atoms with Gasteiger partial charge in [-0.15, -0.1) is 0 Å². The van der Waals surface area contributed by atoms with Crippen molar-refractivity contribution < 1.29 is 13.6 Å². The molecule has 0 saturated carbocycles. The molecule has 202 valence electrons. The minimum Gasteiger partial charge on any atom is -0.413 e. The van der Waals surface area contributed by atoms with E-state index in [1.807, 2.05) is 6.07 Å². The lowest BCUT2D eigenvalue weighted by Gasteiger charge is -2.45. The summed E-state index contributed by atoms with van der Waals surface area (Å²) >= 11 is 0. The molecule has 0 fully saturated rings. The van der Waals surface area contributed by atoms with Crippen LogP contribution in [0.1, 0.15) is 87.6 Å². The van der Waals surface area contributed by atoms with Gasteiger partial charge in [0, 0.05) is 6.61 Å². The summed E-state index contributed by atoms with van der Waals surface area (Å²) in [6.45, 7) is 30.0. The van der Waals surface area contributed by atoms with Crippen LogP contribution in [-0.2, 0) is 20.2 Å². The maximum absolute atomic E-state index is 7.23. The highest BCUT2D eigenvalue weighted by Crippen LogP contribution is 2.44. The van der Waals surface area contributed by atoms with Crippen molar-refractivity contribution in [2.45, 2.75) is 130 Å². The molecular formula is C30H56O3Si2. The molecule has 1 aromatic rings. The van der Waals surface area contributed by atoms with Gasteiger partial charge in [-0.1, -0.05) is 104 Å². The largest absolute Gasteiger partial charge is 0.413 e. The van der Waals surface area contributed by atoms with Crippen LogP contribution in [0.5, 0.6) is 0 Å². The van der Waals surface area contributed by atoms with Gasteiger partial charge in [0.2, 0.25) is 8.32 Å². The lowest BCUT2D eigenvalue weighted by Crippen LogP contribution is -2.50. The second-order valence-electron chi connectivity index (χ2n) is 12.7. The minimum absolute atomic E-state index is 0.175. The first kappa shape index (κ1) is 32.3. The Kier molecular flexibility index (Phi) is 13.2. The number of ether oxygens (including phenoxy) is 1. The van der Waals surface area contributed by atoms with Crippen LogP contribution in [0, 0.1) is 0 Å². The van der Waals surface area contributed by atoms with Gasteiger partial charge in [0.1, 0.15) is 0 Å². The van der Waals surface area contributed by atoms with E-state index in [0.29, 0.717) is 36.4 Å². The van der Waals surface area contributed by atoms with Crippen molar-refractivity contribution in [3.63, 3.8) is 0 Å². The Morgan fingerprint density at radius 3 is 1.94 bits per heavy atom. The van der Waals surface area contributed by atoms with Crippen LogP contribution in [0.2, 0.25) is 34.8 Å². The Morgan fingerprint density at radius 2 is 1.46 bits per heavy atom. The molecule has 0 bridgehead atoms. The smallest absolute Gasteiger partial charge is 0.200 e. The molecule has 1 rings (SSSR count). The summed E-state index contributed by atoms with van der Waals surface area (Å²) in [5, 5.41) is 0.230. The van der Waals surface area contributed by atoms with Crippen LogP contribution in [0.3, 0.4) is 0 Å². The zero-order valence-corrected chi connectivity index (χ0v) is 27.0. The van der Waals surface area contributed by atoms with E-state index in [1.54, 1.807) is 0 Å². The molecule has 0 N–H and O–H groups in total. The van der Waals surface area contributed by atoms with Crippen molar-refractivity contribution in [3.8, 4) is 0 Å². The first-order valence-corrected chi connectivity index (χ1v) is 18.8. The van der Waals surface area contributed by atoms with E-state index < -0.39 is 16.6 Å². The van der Waals surface area contributed by atoms with E-state index in [-0.39, 0.29) is 11.1 Å². The van der Waals surface area contributed by atoms with E-state index in [9.17, 15) is 0 Å². The third-order valence-corrected chi connectivity index (χ3v) is 18.7. The molecule has 0 aliphatic carbocycles. The van der Waals surface area contributed by atoms with Gasteiger partial charge in [-0.3, -0.25) is 0 Å². The third kappa shape index (κ3) is 9.92. The predicted molar refractivity (Wildman–Crippen MR) is 158 cm³/mol. The van der Waals surface area contributed by atoms with E-state index in [1.165, 1.54) is 11.1 Å². The molecule has 0 amide bonds. The van der Waals surface area contributed by atoms with E-state index in [4.69, 9.17) is 13.6 Å². The summed E-state index contributed by atoms with van der Waals surface area (Å²) < 4.78 is 19.7. The van der Waals surface area contributed by atoms with Crippen LogP contribution in [0.4, 0.5) is 0 Å². The molecule has 1 atom stereocenters. The normalized spacial score (nSPS) is 14.9. The summed E-state index contributed by atoms with van der Waals surface area (Å²) in [6.07, 6.45) is 4.32. The van der Waals surface area contributed by atoms with Gasteiger partial charge in [0.15, 0.2) is 8.32 Å². The van der Waals surface area contributed by atoms with Gasteiger partial charge in [-0.2, -0.15) is 0 Å². The summed E-state index contributed by atoms with van der Waals surface area (Å²) in [5.74, 6) is 0. The Labute approximate surface area is 220 Å². The van der Waals surface area contributed by atoms with Crippen LogP contribution in [0.15, 0.2) is 42.0 Å². The van der Waals surface area contributed by atoms with Crippen LogP contribution in [-0.4, -0.2) is 36.0 Å². The standard InChI is InChI=1S/C30H56O3Si2/c1-24(2)35(25(3)4,26(5)6)33-29(19-20-31-23-28-16-14-13-15-17-28)22-27(7)18-21-32-34(11,12)30(8,9)10/h13-18,24-26,29H,19-23H2,1-12H3/b27-18+/t29-/m1/s1. The fourth-order valence-electron chi connectivity index (χ4n) is 4.93. The maximum atomic E-state index is 7.23. The van der Waals surface area contributed by atoms with E-state index in [0.717, 1.165) is 12.8 Å². The van der Waals surface area contributed by atoms with Crippen LogP contribution in [0.25, 0.3) is 0 Å². The number of hydrogen-bond donors (Lipinski definition) is 0. The highest BCUT2D eigenvalue weighted by Gasteiger charge is 2.46. The average molecular weight is 521 g/mol. The molecule has 0 radical (unpaired) electrons. The van der Waals surface area contributed by atoms with Crippen molar-refractivity contribution in [1.29, 1.82) is 0 Å². The molecule has 35 heavy (non-hydrogen) atoms. The first-order chi connectivity index (χ1) is 16.1. The summed E-state index contributed by atoms with van der Waals surface area (Å²) in [5.41, 5.74) is 4.29. The second kappa shape index (κ2) is 14.3. The fraction of sp³-hybridized carbons (Fsp3) is 0.733. The molecule has 0 saturated heterocycles. The van der Waals surface area contributed by atoms with E-state index in [2.05, 4.69) is 113 Å². The first-order valence-electron chi connectivity index (χ1n) is 13.7. The molecule has 0 spiro atoms. The number of benzene rings is 1. The fourth-order valence-corrected chi connectivity index (χ4v) is 11.5. The molecule has 0 aliphatic rings. The molecule has 0 aliphatic heterocycles. The summed E-state index contributed by atoms with van der Waals surface area (Å²) in [4.78, 5) is 0. The van der Waals surface area contributed by atoms with Gasteiger partial charge < -0.3 is 13.6 Å². The molecule has 1 aromatic carbocycles. The second-order valence-corrected chi connectivity index (χ2v) is 22.9. The van der Waals surface area contributed by atoms with Gasteiger partial charge in [0.05, 0.1) is 19.3 Å². The van der Waals surface area contributed by atoms with Crippen LogP contribution >= 0.6 is 0 Å². The van der Waals surface area contributed by atoms with Gasteiger partial charge in [-0.25, -0.2) is 0 Å². The van der Waals surface area contributed by atoms with Crippen LogP contribution < -0.4 is 0 Å². The average Bonchev–Trinajstić information content (AvgIpc) is 2.73. The van der Waals surface area contributed by atoms with Crippen molar-refractivity contribution in [2.24, 2.45) is 0 Å². The zero-order valence-electron chi connectivity index (χ0n) is 25.0. The quantitative estimate of drug-likeness (QED) is 0.131. The van der Waals surface area contributed by atoms with Crippen molar-refractivity contribution in [2.75, 3.05) is 13.2 Å². The number of rotatable bonds is 15. The van der Waals surface area contributed by atoms with Gasteiger partial charge in [0.25, 0.3) is 0 Å². The predicted octanol–water partition coefficient (Wildman–Crippen LogP) is 9.51. The Balaban J connectivity index is 2.94. The molecule has 3 nitrogen and oxygen atoms in total. The lowest BCUT2D eigenvalue weighted by molar-refractivity contribution is 0.0756.